The molecule has 174 valence electrons. The monoisotopic (exact) mass is 448 g/mol. The molecule has 0 saturated heterocycles. The zero-order chi connectivity index (χ0) is 22.2. The number of nitrogens with one attached hydrogen (secondary N) is 1. The summed E-state index contributed by atoms with van der Waals surface area (Å²) in [6.45, 7) is 10.0. The minimum absolute atomic E-state index is 0.442. The molecule has 0 aromatic carbocycles. The molecule has 29 heavy (non-hydrogen) atoms. The van der Waals surface area contributed by atoms with E-state index in [9.17, 15) is 21.8 Å². The van der Waals surface area contributed by atoms with Gasteiger partial charge >= 0.3 is 14.9 Å². The van der Waals surface area contributed by atoms with Gasteiger partial charge in [-0.1, -0.05) is 32.6 Å². The summed E-state index contributed by atoms with van der Waals surface area (Å²) in [5.74, 6) is 0. The van der Waals surface area contributed by atoms with E-state index >= 15 is 0 Å². The van der Waals surface area contributed by atoms with Crippen LogP contribution in [0.3, 0.4) is 0 Å². The highest BCUT2D eigenvalue weighted by molar-refractivity contribution is 7.53. The van der Waals surface area contributed by atoms with Crippen LogP contribution in [0.5, 0.6) is 0 Å². The lowest BCUT2D eigenvalue weighted by Gasteiger charge is -2.20. The van der Waals surface area contributed by atoms with Gasteiger partial charge in [0.2, 0.25) is 0 Å². The largest absolute Gasteiger partial charge is 0.673 e. The van der Waals surface area contributed by atoms with E-state index in [1.807, 2.05) is 13.8 Å². The van der Waals surface area contributed by atoms with Crippen molar-refractivity contribution in [2.45, 2.75) is 65.7 Å². The molecule has 1 unspecified atom stereocenters. The number of hydrogen-bond acceptors (Lipinski definition) is 4. The van der Waals surface area contributed by atoms with Crippen LogP contribution < -0.4 is 4.90 Å². The Balaban J connectivity index is 0.00000139. The maximum Gasteiger partial charge on any atom is 0.673 e. The van der Waals surface area contributed by atoms with E-state index < -0.39 is 14.9 Å². The van der Waals surface area contributed by atoms with Crippen molar-refractivity contribution in [3.05, 3.63) is 12.4 Å². The number of unbranched alkanes of at least 4 members (excludes halogenated alkanes) is 5. The van der Waals surface area contributed by atoms with Crippen molar-refractivity contribution < 1.29 is 35.8 Å². The van der Waals surface area contributed by atoms with Gasteiger partial charge in [0.05, 0.1) is 32.1 Å². The fourth-order valence-corrected chi connectivity index (χ4v) is 4.70. The minimum atomic E-state index is -6.00. The number of hydrogen-bond donors (Lipinski definition) is 1. The maximum atomic E-state index is 12.4. The van der Waals surface area contributed by atoms with Crippen molar-refractivity contribution in [3.8, 4) is 0 Å². The van der Waals surface area contributed by atoms with E-state index in [2.05, 4.69) is 24.2 Å². The zero-order valence-corrected chi connectivity index (χ0v) is 18.9. The van der Waals surface area contributed by atoms with Gasteiger partial charge in [-0.05, 0) is 33.1 Å². The molecule has 11 heteroatoms. The summed E-state index contributed by atoms with van der Waals surface area (Å²) in [6, 6.07) is 0. The summed E-state index contributed by atoms with van der Waals surface area (Å²) in [6.07, 6.45) is 13.9. The lowest BCUT2D eigenvalue weighted by atomic mass is 10.1. The van der Waals surface area contributed by atoms with E-state index in [0.29, 0.717) is 19.4 Å². The van der Waals surface area contributed by atoms with Crippen LogP contribution in [0.15, 0.2) is 12.4 Å². The second kappa shape index (κ2) is 16.2. The van der Waals surface area contributed by atoms with Crippen LogP contribution in [0.4, 0.5) is 17.3 Å². The van der Waals surface area contributed by atoms with Crippen LogP contribution in [0, 0.1) is 0 Å². The maximum absolute atomic E-state index is 12.4. The van der Waals surface area contributed by atoms with Gasteiger partial charge in [0.15, 0.2) is 6.67 Å². The van der Waals surface area contributed by atoms with Crippen LogP contribution >= 0.6 is 7.60 Å². The van der Waals surface area contributed by atoms with Gasteiger partial charge in [-0.2, -0.15) is 0 Å². The van der Waals surface area contributed by atoms with Gasteiger partial charge in [-0.15, -0.1) is 0 Å². The van der Waals surface area contributed by atoms with Gasteiger partial charge < -0.3 is 31.2 Å². The number of quaternary nitrogens is 1. The molecule has 1 N–H and O–H groups in total. The Morgan fingerprint density at radius 1 is 0.966 bits per heavy atom. The first kappa shape index (κ1) is 28.4. The van der Waals surface area contributed by atoms with Crippen molar-refractivity contribution in [3.63, 3.8) is 0 Å². The number of rotatable bonds is 15. The van der Waals surface area contributed by atoms with Crippen molar-refractivity contribution >= 4 is 14.9 Å². The van der Waals surface area contributed by atoms with E-state index in [1.165, 1.54) is 50.0 Å². The van der Waals surface area contributed by atoms with Crippen LogP contribution in [-0.2, 0) is 13.6 Å². The minimum Gasteiger partial charge on any atom is -0.418 e. The Hall–Kier alpha value is -0.565. The molecule has 0 aliphatic carbocycles. The second-order valence-corrected chi connectivity index (χ2v) is 9.17. The molecule has 1 atom stereocenters. The van der Waals surface area contributed by atoms with Crippen molar-refractivity contribution in [2.24, 2.45) is 0 Å². The summed E-state index contributed by atoms with van der Waals surface area (Å²) in [5, 5.41) is 0. The lowest BCUT2D eigenvalue weighted by Crippen LogP contribution is -3.07. The molecule has 1 heterocycles. The standard InChI is InChI=1S/C18H37N2O3P.BF4/c1-4-7-8-9-10-11-13-19-15-16-20(18-19)14-12-17-24(21,22-5-2)23-6-3;2-1(3,4)5/h15-16H,4-14,17-18H2,1-3H3;/q;-1/p+1. The van der Waals surface area contributed by atoms with Crippen LogP contribution in [-0.4, -0.2) is 51.3 Å². The molecule has 0 bridgehead atoms. The average molecular weight is 448 g/mol. The fourth-order valence-electron chi connectivity index (χ4n) is 3.05. The molecule has 0 radical (unpaired) electrons. The molecule has 0 spiro atoms. The molecule has 0 saturated carbocycles. The molecule has 1 aliphatic heterocycles. The normalized spacial score (nSPS) is 16.8. The van der Waals surface area contributed by atoms with E-state index in [0.717, 1.165) is 19.6 Å². The molecule has 0 fully saturated rings. The van der Waals surface area contributed by atoms with Crippen molar-refractivity contribution in [1.82, 2.24) is 4.90 Å². The Morgan fingerprint density at radius 3 is 2.07 bits per heavy atom. The molecule has 0 amide bonds. The van der Waals surface area contributed by atoms with E-state index in [4.69, 9.17) is 9.05 Å². The first-order valence-electron chi connectivity index (χ1n) is 10.7. The molecule has 0 aromatic heterocycles. The summed E-state index contributed by atoms with van der Waals surface area (Å²) in [7, 11) is -8.88. The zero-order valence-electron chi connectivity index (χ0n) is 18.1. The Labute approximate surface area is 173 Å². The highest BCUT2D eigenvalue weighted by Gasteiger charge is 2.24. The third-order valence-electron chi connectivity index (χ3n) is 4.31. The smallest absolute Gasteiger partial charge is 0.418 e. The summed E-state index contributed by atoms with van der Waals surface area (Å²) in [5.41, 5.74) is 0. The fraction of sp³-hybridized carbons (Fsp3) is 0.889. The van der Waals surface area contributed by atoms with Crippen LogP contribution in [0.2, 0.25) is 0 Å². The van der Waals surface area contributed by atoms with E-state index in [-0.39, 0.29) is 0 Å². The molecule has 1 rings (SSSR count). The first-order valence-corrected chi connectivity index (χ1v) is 12.4. The summed E-state index contributed by atoms with van der Waals surface area (Å²) >= 11 is 0. The molecular weight excluding hydrogens is 410 g/mol. The third kappa shape index (κ3) is 18.0. The average Bonchev–Trinajstić information content (AvgIpc) is 3.04. The summed E-state index contributed by atoms with van der Waals surface area (Å²) < 4.78 is 62.1. The van der Waals surface area contributed by atoms with Crippen molar-refractivity contribution in [1.29, 1.82) is 0 Å². The third-order valence-corrected chi connectivity index (χ3v) is 6.47. The van der Waals surface area contributed by atoms with Gasteiger partial charge in [0.1, 0.15) is 6.20 Å². The Bertz CT molecular complexity index is 469. The van der Waals surface area contributed by atoms with E-state index in [1.54, 1.807) is 0 Å². The summed E-state index contributed by atoms with van der Waals surface area (Å²) in [4.78, 5) is 3.84. The highest BCUT2D eigenvalue weighted by Crippen LogP contribution is 2.48. The van der Waals surface area contributed by atoms with Crippen molar-refractivity contribution in [2.75, 3.05) is 39.1 Å². The first-order chi connectivity index (χ1) is 13.6. The van der Waals surface area contributed by atoms with Gasteiger partial charge in [-0.25, -0.2) is 0 Å². The van der Waals surface area contributed by atoms with Gasteiger partial charge in [-0.3, -0.25) is 9.46 Å². The molecule has 5 nitrogen and oxygen atoms in total. The number of nitrogens with zero attached hydrogens (tertiary/aromatic N) is 1. The Kier molecular flexibility index (Phi) is 15.9. The van der Waals surface area contributed by atoms with Crippen LogP contribution in [0.1, 0.15) is 65.7 Å². The van der Waals surface area contributed by atoms with Crippen LogP contribution in [0.25, 0.3) is 0 Å². The second-order valence-electron chi connectivity index (χ2n) is 6.98. The van der Waals surface area contributed by atoms with Gasteiger partial charge in [0.25, 0.3) is 0 Å². The SMILES string of the molecule is CCCCCCCC[NH+]1C=CN(CCCP(=O)(OCC)OCC)C1.F[B-](F)(F)F. The molecule has 0 aromatic rings. The van der Waals surface area contributed by atoms with Gasteiger partial charge in [0, 0.05) is 6.54 Å². The Morgan fingerprint density at radius 2 is 1.52 bits per heavy atom. The lowest BCUT2D eigenvalue weighted by molar-refractivity contribution is -0.849. The molecule has 1 aliphatic rings. The number of halogens is 4. The molecular formula is C18H38BF4N2O3P. The predicted molar refractivity (Wildman–Crippen MR) is 110 cm³/mol. The topological polar surface area (TPSA) is 43.2 Å². The predicted octanol–water partition coefficient (Wildman–Crippen LogP) is 4.93. The highest BCUT2D eigenvalue weighted by atomic mass is 31.2. The quantitative estimate of drug-likeness (QED) is 0.167.